The summed E-state index contributed by atoms with van der Waals surface area (Å²) in [6.07, 6.45) is 2.70. The van der Waals surface area contributed by atoms with Crippen LogP contribution >= 0.6 is 0 Å². The molecule has 0 unspecified atom stereocenters. The molecule has 0 fully saturated rings. The van der Waals surface area contributed by atoms with Crippen LogP contribution in [0.4, 0.5) is 0 Å². The summed E-state index contributed by atoms with van der Waals surface area (Å²) in [5.74, 6) is 1.62. The number of nitrogens with zero attached hydrogens (tertiary/aromatic N) is 5. The van der Waals surface area contributed by atoms with Gasteiger partial charge in [-0.05, 0) is 21.0 Å². The summed E-state index contributed by atoms with van der Waals surface area (Å²) in [6.45, 7) is 4.72. The lowest BCUT2D eigenvalue weighted by atomic mass is 10.3. The number of aromatic nitrogens is 3. The highest BCUT2D eigenvalue weighted by Crippen LogP contribution is 2.15. The third-order valence-electron chi connectivity index (χ3n) is 3.83. The van der Waals surface area contributed by atoms with Crippen molar-refractivity contribution in [3.8, 4) is 0 Å². The molecule has 1 aliphatic heterocycles. The third kappa shape index (κ3) is 2.89. The molecule has 0 saturated carbocycles. The first-order valence-corrected chi connectivity index (χ1v) is 7.45. The minimum Gasteiger partial charge on any atom is -0.361 e. The zero-order valence-corrected chi connectivity index (χ0v) is 13.2. The number of hydrogen-bond donors (Lipinski definition) is 0. The van der Waals surface area contributed by atoms with E-state index in [0.29, 0.717) is 24.5 Å². The van der Waals surface area contributed by atoms with Crippen LogP contribution in [0.2, 0.25) is 0 Å². The molecule has 0 bridgehead atoms. The van der Waals surface area contributed by atoms with Gasteiger partial charge in [0, 0.05) is 44.9 Å². The second-order valence-electron chi connectivity index (χ2n) is 5.92. The van der Waals surface area contributed by atoms with Crippen LogP contribution in [0.1, 0.15) is 27.8 Å². The number of rotatable bonds is 3. The molecule has 0 saturated heterocycles. The van der Waals surface area contributed by atoms with Gasteiger partial charge in [0.2, 0.25) is 0 Å². The Morgan fingerprint density at radius 3 is 2.86 bits per heavy atom. The quantitative estimate of drug-likeness (QED) is 0.844. The van der Waals surface area contributed by atoms with E-state index < -0.39 is 0 Å². The molecule has 22 heavy (non-hydrogen) atoms. The molecular weight excluding hydrogens is 282 g/mol. The van der Waals surface area contributed by atoms with Gasteiger partial charge in [-0.2, -0.15) is 0 Å². The van der Waals surface area contributed by atoms with Crippen LogP contribution in [0.25, 0.3) is 0 Å². The lowest BCUT2D eigenvalue weighted by Gasteiger charge is -2.19. The number of carbonyl (C=O) groups excluding carboxylic acids is 1. The standard InChI is InChI=1S/C15H21N5O2/c1-11-8-13(17-22-11)15(21)19-5-4-14-16-9-12(10-18(2)3)20(14)7-6-19/h8-9H,4-7,10H2,1-3H3. The second kappa shape index (κ2) is 5.92. The van der Waals surface area contributed by atoms with Crippen molar-refractivity contribution >= 4 is 5.91 Å². The summed E-state index contributed by atoms with van der Waals surface area (Å²) in [5, 5.41) is 3.82. The number of hydrogen-bond acceptors (Lipinski definition) is 5. The van der Waals surface area contributed by atoms with E-state index in [1.165, 1.54) is 5.69 Å². The Morgan fingerprint density at radius 2 is 2.18 bits per heavy atom. The lowest BCUT2D eigenvalue weighted by molar-refractivity contribution is 0.0748. The Morgan fingerprint density at radius 1 is 1.36 bits per heavy atom. The van der Waals surface area contributed by atoms with Crippen LogP contribution in [0.15, 0.2) is 16.8 Å². The molecule has 0 radical (unpaired) electrons. The number of imidazole rings is 1. The second-order valence-corrected chi connectivity index (χ2v) is 5.92. The number of fused-ring (bicyclic) bond motifs is 1. The maximum absolute atomic E-state index is 12.5. The van der Waals surface area contributed by atoms with Crippen LogP contribution in [0.3, 0.4) is 0 Å². The van der Waals surface area contributed by atoms with Crippen LogP contribution in [-0.4, -0.2) is 57.6 Å². The Balaban J connectivity index is 1.73. The molecule has 2 aromatic heterocycles. The average molecular weight is 303 g/mol. The smallest absolute Gasteiger partial charge is 0.276 e. The van der Waals surface area contributed by atoms with Crippen LogP contribution in [-0.2, 0) is 19.5 Å². The van der Waals surface area contributed by atoms with Crippen molar-refractivity contribution in [2.24, 2.45) is 0 Å². The molecule has 118 valence electrons. The number of carbonyl (C=O) groups is 1. The fourth-order valence-electron chi connectivity index (χ4n) is 2.78. The molecule has 0 aliphatic carbocycles. The summed E-state index contributed by atoms with van der Waals surface area (Å²) in [7, 11) is 4.08. The van der Waals surface area contributed by atoms with E-state index in [9.17, 15) is 4.79 Å². The van der Waals surface area contributed by atoms with Gasteiger partial charge in [-0.15, -0.1) is 0 Å². The number of aryl methyl sites for hydroxylation is 1. The summed E-state index contributed by atoms with van der Waals surface area (Å²) < 4.78 is 7.22. The molecule has 0 aromatic carbocycles. The summed E-state index contributed by atoms with van der Waals surface area (Å²) in [4.78, 5) is 20.9. The van der Waals surface area contributed by atoms with Crippen molar-refractivity contribution in [2.45, 2.75) is 26.4 Å². The average Bonchev–Trinajstić information content (AvgIpc) is 2.99. The van der Waals surface area contributed by atoms with Crippen molar-refractivity contribution in [1.82, 2.24) is 24.5 Å². The molecule has 0 spiro atoms. The zero-order valence-electron chi connectivity index (χ0n) is 13.2. The molecule has 2 aromatic rings. The lowest BCUT2D eigenvalue weighted by Crippen LogP contribution is -2.34. The van der Waals surface area contributed by atoms with E-state index in [1.54, 1.807) is 13.0 Å². The van der Waals surface area contributed by atoms with Crippen LogP contribution in [0, 0.1) is 6.92 Å². The maximum atomic E-state index is 12.5. The largest absolute Gasteiger partial charge is 0.361 e. The molecular formula is C15H21N5O2. The van der Waals surface area contributed by atoms with Gasteiger partial charge in [0.15, 0.2) is 5.69 Å². The van der Waals surface area contributed by atoms with Gasteiger partial charge in [0.25, 0.3) is 5.91 Å². The minimum absolute atomic E-state index is 0.0724. The van der Waals surface area contributed by atoms with E-state index in [2.05, 4.69) is 19.6 Å². The minimum atomic E-state index is -0.0724. The predicted octanol–water partition coefficient (Wildman–Crippen LogP) is 0.940. The monoisotopic (exact) mass is 303 g/mol. The van der Waals surface area contributed by atoms with Gasteiger partial charge in [0.05, 0.1) is 5.69 Å². The van der Waals surface area contributed by atoms with Crippen molar-refractivity contribution in [3.63, 3.8) is 0 Å². The van der Waals surface area contributed by atoms with Crippen molar-refractivity contribution in [2.75, 3.05) is 27.2 Å². The van der Waals surface area contributed by atoms with Gasteiger partial charge >= 0.3 is 0 Å². The van der Waals surface area contributed by atoms with Crippen LogP contribution in [0.5, 0.6) is 0 Å². The van der Waals surface area contributed by atoms with Crippen molar-refractivity contribution in [3.05, 3.63) is 35.2 Å². The van der Waals surface area contributed by atoms with E-state index in [4.69, 9.17) is 4.52 Å². The highest BCUT2D eigenvalue weighted by atomic mass is 16.5. The van der Waals surface area contributed by atoms with Crippen LogP contribution < -0.4 is 0 Å². The zero-order chi connectivity index (χ0) is 15.7. The Kier molecular flexibility index (Phi) is 3.98. The van der Waals surface area contributed by atoms with Gasteiger partial charge in [0.1, 0.15) is 11.6 Å². The predicted molar refractivity (Wildman–Crippen MR) is 80.5 cm³/mol. The molecule has 7 heteroatoms. The fourth-order valence-corrected chi connectivity index (χ4v) is 2.78. The first-order valence-electron chi connectivity index (χ1n) is 7.45. The highest BCUT2D eigenvalue weighted by molar-refractivity contribution is 5.92. The molecule has 0 N–H and O–H groups in total. The van der Waals surface area contributed by atoms with Gasteiger partial charge < -0.3 is 18.9 Å². The maximum Gasteiger partial charge on any atom is 0.276 e. The van der Waals surface area contributed by atoms with E-state index >= 15 is 0 Å². The molecule has 3 heterocycles. The molecule has 1 aliphatic rings. The van der Waals surface area contributed by atoms with Gasteiger partial charge in [-0.25, -0.2) is 4.98 Å². The van der Waals surface area contributed by atoms with Crippen molar-refractivity contribution in [1.29, 1.82) is 0 Å². The third-order valence-corrected chi connectivity index (χ3v) is 3.83. The Labute approximate surface area is 129 Å². The van der Waals surface area contributed by atoms with E-state index in [0.717, 1.165) is 25.3 Å². The first kappa shape index (κ1) is 14.8. The molecule has 1 amide bonds. The summed E-state index contributed by atoms with van der Waals surface area (Å²) in [6, 6.07) is 1.68. The fraction of sp³-hybridized carbons (Fsp3) is 0.533. The SMILES string of the molecule is Cc1cc(C(=O)N2CCc3ncc(CN(C)C)n3CC2)no1. The molecule has 3 rings (SSSR count). The summed E-state index contributed by atoms with van der Waals surface area (Å²) in [5.41, 5.74) is 1.57. The van der Waals surface area contributed by atoms with E-state index in [1.807, 2.05) is 25.2 Å². The molecule has 0 atom stereocenters. The van der Waals surface area contributed by atoms with Gasteiger partial charge in [-0.1, -0.05) is 5.16 Å². The molecule has 7 nitrogen and oxygen atoms in total. The van der Waals surface area contributed by atoms with E-state index in [-0.39, 0.29) is 5.91 Å². The Bertz CT molecular complexity index is 673. The first-order chi connectivity index (χ1) is 10.5. The number of amides is 1. The topological polar surface area (TPSA) is 67.4 Å². The van der Waals surface area contributed by atoms with Crippen molar-refractivity contribution < 1.29 is 9.32 Å². The van der Waals surface area contributed by atoms with Gasteiger partial charge in [-0.3, -0.25) is 4.79 Å². The Hall–Kier alpha value is -2.15. The highest BCUT2D eigenvalue weighted by Gasteiger charge is 2.23. The normalized spacial score (nSPS) is 15.0. The summed E-state index contributed by atoms with van der Waals surface area (Å²) >= 11 is 0.